The Bertz CT molecular complexity index is 1010. The smallest absolute Gasteiger partial charge is 0.435 e. The first kappa shape index (κ1) is 21.5. The van der Waals surface area contributed by atoms with E-state index >= 15 is 0 Å². The Morgan fingerprint density at radius 3 is 2.31 bits per heavy atom. The molecular weight excluding hydrogens is 465 g/mol. The van der Waals surface area contributed by atoms with Gasteiger partial charge in [-0.3, -0.25) is 0 Å². The molecule has 0 radical (unpaired) electrons. The maximum Gasteiger partial charge on any atom is 0.435 e. The Morgan fingerprint density at radius 2 is 1.76 bits per heavy atom. The van der Waals surface area contributed by atoms with Crippen molar-refractivity contribution in [2.45, 2.75) is 18.2 Å². The van der Waals surface area contributed by atoms with Gasteiger partial charge in [0.15, 0.2) is 5.82 Å². The molecule has 0 bridgehead atoms. The highest BCUT2D eigenvalue weighted by Gasteiger charge is 2.63. The van der Waals surface area contributed by atoms with Gasteiger partial charge in [-0.1, -0.05) is 40.0 Å². The second-order valence-electron chi connectivity index (χ2n) is 5.88. The summed E-state index contributed by atoms with van der Waals surface area (Å²) in [6.45, 7) is 0. The van der Waals surface area contributed by atoms with E-state index in [1.165, 1.54) is 12.1 Å². The molecule has 3 rings (SSSR count). The van der Waals surface area contributed by atoms with E-state index in [1.807, 2.05) is 0 Å². The Balaban J connectivity index is 1.94. The molecule has 0 aliphatic carbocycles. The largest absolute Gasteiger partial charge is 0.478 e. The maximum atomic E-state index is 13.9. The fourth-order valence-corrected chi connectivity index (χ4v) is 3.27. The summed E-state index contributed by atoms with van der Waals surface area (Å²) in [4.78, 5) is 15.8. The van der Waals surface area contributed by atoms with Crippen LogP contribution in [0.15, 0.2) is 35.5 Å². The van der Waals surface area contributed by atoms with E-state index in [2.05, 4.69) is 9.99 Å². The van der Waals surface area contributed by atoms with Crippen molar-refractivity contribution in [1.82, 2.24) is 0 Å². The van der Waals surface area contributed by atoms with Gasteiger partial charge in [0.2, 0.25) is 5.90 Å². The van der Waals surface area contributed by atoms with Gasteiger partial charge in [0.25, 0.3) is 5.60 Å². The number of aromatic carboxylic acids is 1. The second-order valence-corrected chi connectivity index (χ2v) is 7.10. The highest BCUT2D eigenvalue weighted by Crippen LogP contribution is 2.49. The van der Waals surface area contributed by atoms with E-state index in [1.54, 1.807) is 0 Å². The lowest BCUT2D eigenvalue weighted by atomic mass is 9.90. The molecule has 1 N–H and O–H groups in total. The Kier molecular flexibility index (Phi) is 5.59. The fourth-order valence-electron chi connectivity index (χ4n) is 2.59. The zero-order valence-electron chi connectivity index (χ0n) is 13.9. The molecule has 1 aliphatic heterocycles. The van der Waals surface area contributed by atoms with Crippen LogP contribution in [-0.4, -0.2) is 23.1 Å². The van der Waals surface area contributed by atoms with Crippen LogP contribution in [0.2, 0.25) is 15.1 Å². The van der Waals surface area contributed by atoms with Gasteiger partial charge in [-0.25, -0.2) is 9.18 Å². The number of oxime groups is 1. The van der Waals surface area contributed by atoms with E-state index in [4.69, 9.17) is 44.6 Å². The highest BCUT2D eigenvalue weighted by atomic mass is 35.5. The zero-order valence-corrected chi connectivity index (χ0v) is 16.1. The number of alkyl halides is 3. The first-order valence-electron chi connectivity index (χ1n) is 7.62. The standard InChI is InChI=1S/C17H8Cl3F4NO4/c18-10-2-1-8(5-9(10)15(26)27)28-13-6-16(29-25-13,17(22,23)24)7-3-11(19)14(21)12(20)4-7/h1-5H,6H2,(H,26,27). The van der Waals surface area contributed by atoms with E-state index in [9.17, 15) is 22.4 Å². The maximum absolute atomic E-state index is 13.9. The number of hydrogen-bond acceptors (Lipinski definition) is 4. The third-order valence-corrected chi connectivity index (χ3v) is 4.90. The van der Waals surface area contributed by atoms with Crippen molar-refractivity contribution in [1.29, 1.82) is 0 Å². The molecular formula is C17H8Cl3F4NO4. The molecule has 0 fully saturated rings. The molecule has 0 spiro atoms. The lowest BCUT2D eigenvalue weighted by Gasteiger charge is -2.29. The first-order valence-corrected chi connectivity index (χ1v) is 8.75. The topological polar surface area (TPSA) is 68.1 Å². The van der Waals surface area contributed by atoms with Gasteiger partial charge in [-0.05, 0) is 30.3 Å². The molecule has 1 heterocycles. The quantitative estimate of drug-likeness (QED) is 0.436. The number of carboxylic acids is 1. The molecule has 0 aromatic heterocycles. The van der Waals surface area contributed by atoms with Crippen LogP contribution < -0.4 is 4.74 Å². The number of carboxylic acid groups (broad SMARTS) is 1. The minimum Gasteiger partial charge on any atom is -0.478 e. The lowest BCUT2D eigenvalue weighted by molar-refractivity contribution is -0.275. The van der Waals surface area contributed by atoms with Gasteiger partial charge in [0, 0.05) is 5.56 Å². The van der Waals surface area contributed by atoms with Crippen molar-refractivity contribution < 1.29 is 37.0 Å². The van der Waals surface area contributed by atoms with Crippen molar-refractivity contribution in [2.24, 2.45) is 5.16 Å². The third kappa shape index (κ3) is 3.94. The molecule has 0 saturated carbocycles. The zero-order chi connectivity index (χ0) is 21.6. The Labute approximate surface area is 175 Å². The van der Waals surface area contributed by atoms with Gasteiger partial charge >= 0.3 is 12.1 Å². The summed E-state index contributed by atoms with van der Waals surface area (Å²) >= 11 is 17.0. The van der Waals surface area contributed by atoms with Crippen LogP contribution in [0.4, 0.5) is 17.6 Å². The number of carbonyl (C=O) groups is 1. The van der Waals surface area contributed by atoms with E-state index in [-0.39, 0.29) is 16.3 Å². The van der Waals surface area contributed by atoms with Crippen molar-refractivity contribution >= 4 is 46.7 Å². The van der Waals surface area contributed by atoms with Crippen molar-refractivity contribution in [2.75, 3.05) is 0 Å². The number of benzene rings is 2. The molecule has 154 valence electrons. The van der Waals surface area contributed by atoms with Crippen LogP contribution in [0.5, 0.6) is 5.75 Å². The van der Waals surface area contributed by atoms with Gasteiger partial charge in [-0.2, -0.15) is 13.2 Å². The normalized spacial score (nSPS) is 18.9. The van der Waals surface area contributed by atoms with E-state index in [0.29, 0.717) is 0 Å². The van der Waals surface area contributed by atoms with Gasteiger partial charge in [-0.15, -0.1) is 0 Å². The number of halogens is 7. The van der Waals surface area contributed by atoms with Crippen LogP contribution in [0, 0.1) is 5.82 Å². The lowest BCUT2D eigenvalue weighted by Crippen LogP contribution is -2.43. The van der Waals surface area contributed by atoms with Crippen molar-refractivity contribution in [3.05, 3.63) is 62.3 Å². The van der Waals surface area contributed by atoms with Crippen LogP contribution in [-0.2, 0) is 10.4 Å². The molecule has 5 nitrogen and oxygen atoms in total. The number of nitrogens with zero attached hydrogens (tertiary/aromatic N) is 1. The van der Waals surface area contributed by atoms with Crippen molar-refractivity contribution in [3.8, 4) is 5.75 Å². The molecule has 1 atom stereocenters. The summed E-state index contributed by atoms with van der Waals surface area (Å²) in [6, 6.07) is 4.94. The van der Waals surface area contributed by atoms with Gasteiger partial charge in [0.1, 0.15) is 5.75 Å². The summed E-state index contributed by atoms with van der Waals surface area (Å²) in [5.41, 5.74) is -3.92. The highest BCUT2D eigenvalue weighted by molar-refractivity contribution is 6.35. The van der Waals surface area contributed by atoms with Crippen LogP contribution in [0.3, 0.4) is 0 Å². The molecule has 0 amide bonds. The molecule has 2 aromatic carbocycles. The molecule has 2 aromatic rings. The summed E-state index contributed by atoms with van der Waals surface area (Å²) in [6.07, 6.45) is -5.93. The van der Waals surface area contributed by atoms with Crippen LogP contribution >= 0.6 is 34.8 Å². The van der Waals surface area contributed by atoms with Crippen molar-refractivity contribution in [3.63, 3.8) is 0 Å². The average molecular weight is 473 g/mol. The monoisotopic (exact) mass is 471 g/mol. The predicted octanol–water partition coefficient (Wildman–Crippen LogP) is 6.05. The average Bonchev–Trinajstić information content (AvgIpc) is 3.06. The second kappa shape index (κ2) is 7.55. The van der Waals surface area contributed by atoms with E-state index in [0.717, 1.165) is 18.2 Å². The first-order chi connectivity index (χ1) is 13.4. The van der Waals surface area contributed by atoms with Gasteiger partial charge in [0.05, 0.1) is 27.1 Å². The molecule has 12 heteroatoms. The molecule has 29 heavy (non-hydrogen) atoms. The Morgan fingerprint density at radius 1 is 1.14 bits per heavy atom. The minimum absolute atomic E-state index is 0.0882. The summed E-state index contributed by atoms with van der Waals surface area (Å²) in [5.74, 6) is -3.06. The molecule has 0 saturated heterocycles. The third-order valence-electron chi connectivity index (χ3n) is 4.02. The van der Waals surface area contributed by atoms with Gasteiger partial charge < -0.3 is 14.7 Å². The molecule has 1 unspecified atom stereocenters. The van der Waals surface area contributed by atoms with Crippen LogP contribution in [0.25, 0.3) is 0 Å². The number of ether oxygens (including phenoxy) is 1. The number of rotatable bonds is 3. The SMILES string of the molecule is O=C(O)c1cc(OC2=NOC(c3cc(Cl)c(F)c(Cl)c3)(C(F)(F)F)C2)ccc1Cl. The fraction of sp³-hybridized carbons (Fsp3) is 0.176. The minimum atomic E-state index is -5.00. The predicted molar refractivity (Wildman–Crippen MR) is 96.3 cm³/mol. The summed E-state index contributed by atoms with van der Waals surface area (Å²) < 4.78 is 60.5. The van der Waals surface area contributed by atoms with E-state index < -0.39 is 51.5 Å². The van der Waals surface area contributed by atoms with Crippen LogP contribution in [0.1, 0.15) is 22.3 Å². The summed E-state index contributed by atoms with van der Waals surface area (Å²) in [7, 11) is 0. The molecule has 1 aliphatic rings. The summed E-state index contributed by atoms with van der Waals surface area (Å²) in [5, 5.41) is 11.0. The number of hydrogen-bond donors (Lipinski definition) is 1. The Hall–Kier alpha value is -2.23.